The molecule has 6 nitrogen and oxygen atoms in total. The molecule has 144 valence electrons. The molecule has 3 heterocycles. The van der Waals surface area contributed by atoms with Crippen LogP contribution in [0, 0.1) is 5.82 Å². The minimum absolute atomic E-state index is 0.218. The third kappa shape index (κ3) is 3.89. The van der Waals surface area contributed by atoms with Gasteiger partial charge in [-0.3, -0.25) is 0 Å². The molecule has 7 heteroatoms. The van der Waals surface area contributed by atoms with E-state index >= 15 is 0 Å². The van der Waals surface area contributed by atoms with Crippen molar-refractivity contribution in [1.82, 2.24) is 15.3 Å². The molecule has 0 radical (unpaired) electrons. The maximum Gasteiger partial charge on any atom is 0.228 e. The van der Waals surface area contributed by atoms with E-state index in [9.17, 15) is 4.39 Å². The molecule has 0 saturated carbocycles. The number of halogens is 1. The minimum Gasteiger partial charge on any atom is -0.377 e. The summed E-state index contributed by atoms with van der Waals surface area (Å²) in [4.78, 5) is 14.3. The molecule has 1 aromatic heterocycles. The van der Waals surface area contributed by atoms with Crippen LogP contribution in [0.3, 0.4) is 0 Å². The van der Waals surface area contributed by atoms with Crippen molar-refractivity contribution in [3.63, 3.8) is 0 Å². The Balaban J connectivity index is 1.76. The zero-order valence-electron chi connectivity index (χ0n) is 15.9. The average Bonchev–Trinajstić information content (AvgIpc) is 2.69. The largest absolute Gasteiger partial charge is 0.377 e. The molecule has 1 N–H and O–H groups in total. The number of morpholine rings is 1. The van der Waals surface area contributed by atoms with Gasteiger partial charge in [-0.1, -0.05) is 0 Å². The summed E-state index contributed by atoms with van der Waals surface area (Å²) >= 11 is 0. The second kappa shape index (κ2) is 7.78. The van der Waals surface area contributed by atoms with E-state index in [1.807, 2.05) is 6.07 Å². The lowest BCUT2D eigenvalue weighted by molar-refractivity contribution is 0.0981. The average molecular weight is 371 g/mol. The number of anilines is 2. The highest BCUT2D eigenvalue weighted by Gasteiger charge is 2.25. The van der Waals surface area contributed by atoms with Gasteiger partial charge in [0, 0.05) is 43.9 Å². The molecule has 0 aliphatic carbocycles. The van der Waals surface area contributed by atoms with Crippen LogP contribution in [0.2, 0.25) is 0 Å². The van der Waals surface area contributed by atoms with Crippen LogP contribution in [-0.2, 0) is 4.74 Å². The number of nitrogens with one attached hydrogen (secondary N) is 1. The number of piperazine rings is 1. The van der Waals surface area contributed by atoms with Gasteiger partial charge in [0.25, 0.3) is 0 Å². The molecule has 2 fully saturated rings. The third-order valence-electron chi connectivity index (χ3n) is 5.26. The van der Waals surface area contributed by atoms with Crippen molar-refractivity contribution in [2.24, 2.45) is 0 Å². The Morgan fingerprint density at radius 1 is 1.07 bits per heavy atom. The van der Waals surface area contributed by atoms with Gasteiger partial charge in [0.15, 0.2) is 0 Å². The number of ether oxygens (including phenoxy) is 1. The zero-order chi connectivity index (χ0) is 18.8. The molecule has 2 atom stereocenters. The molecule has 2 aliphatic rings. The van der Waals surface area contributed by atoms with Crippen molar-refractivity contribution in [2.45, 2.75) is 25.9 Å². The highest BCUT2D eigenvalue weighted by Crippen LogP contribution is 2.28. The molecule has 27 heavy (non-hydrogen) atoms. The Morgan fingerprint density at radius 2 is 1.89 bits per heavy atom. The van der Waals surface area contributed by atoms with E-state index in [0.29, 0.717) is 25.2 Å². The van der Waals surface area contributed by atoms with Gasteiger partial charge in [-0.15, -0.1) is 0 Å². The summed E-state index contributed by atoms with van der Waals surface area (Å²) in [6.45, 7) is 9.20. The smallest absolute Gasteiger partial charge is 0.228 e. The Labute approximate surface area is 159 Å². The monoisotopic (exact) mass is 371 g/mol. The van der Waals surface area contributed by atoms with Gasteiger partial charge in [-0.2, -0.15) is 4.98 Å². The summed E-state index contributed by atoms with van der Waals surface area (Å²) in [5.41, 5.74) is 1.71. The van der Waals surface area contributed by atoms with Gasteiger partial charge in [0.2, 0.25) is 5.95 Å². The Kier molecular flexibility index (Phi) is 5.22. The molecule has 0 bridgehead atoms. The van der Waals surface area contributed by atoms with Crippen LogP contribution in [-0.4, -0.2) is 61.4 Å². The van der Waals surface area contributed by atoms with Crippen molar-refractivity contribution >= 4 is 11.8 Å². The zero-order valence-corrected chi connectivity index (χ0v) is 15.9. The SMILES string of the molecule is CC1CNCCN1c1cc(-c2ccc(F)cc2)nc(N2CCOCC2C)n1. The third-order valence-corrected chi connectivity index (χ3v) is 5.26. The Hall–Kier alpha value is -2.25. The number of aromatic nitrogens is 2. The van der Waals surface area contributed by atoms with Crippen molar-refractivity contribution in [1.29, 1.82) is 0 Å². The highest BCUT2D eigenvalue weighted by molar-refractivity contribution is 5.65. The van der Waals surface area contributed by atoms with Crippen molar-refractivity contribution in [3.8, 4) is 11.3 Å². The first-order valence-corrected chi connectivity index (χ1v) is 9.58. The summed E-state index contributed by atoms with van der Waals surface area (Å²) in [7, 11) is 0. The quantitative estimate of drug-likeness (QED) is 0.894. The summed E-state index contributed by atoms with van der Waals surface area (Å²) in [5, 5.41) is 3.42. The Bertz CT molecular complexity index is 744. The van der Waals surface area contributed by atoms with Gasteiger partial charge >= 0.3 is 0 Å². The lowest BCUT2D eigenvalue weighted by Gasteiger charge is -2.37. The standard InChI is InChI=1S/C20H26FN5O/c1-14-12-22-7-8-25(14)19-11-18(16-3-5-17(21)6-4-16)23-20(24-19)26-9-10-27-13-15(26)2/h3-6,11,14-15,22H,7-10,12-13H2,1-2H3. The first-order valence-electron chi connectivity index (χ1n) is 9.58. The molecule has 0 spiro atoms. The van der Waals surface area contributed by atoms with E-state index in [1.165, 1.54) is 12.1 Å². The molecule has 2 aromatic rings. The topological polar surface area (TPSA) is 53.5 Å². The fourth-order valence-corrected chi connectivity index (χ4v) is 3.67. The molecule has 2 aliphatic heterocycles. The first kappa shape index (κ1) is 18.1. The summed E-state index contributed by atoms with van der Waals surface area (Å²) in [6, 6.07) is 9.08. The summed E-state index contributed by atoms with van der Waals surface area (Å²) in [5.74, 6) is 1.39. The number of rotatable bonds is 3. The van der Waals surface area contributed by atoms with E-state index in [-0.39, 0.29) is 11.9 Å². The van der Waals surface area contributed by atoms with Crippen molar-refractivity contribution in [3.05, 3.63) is 36.1 Å². The maximum atomic E-state index is 13.4. The van der Waals surface area contributed by atoms with Gasteiger partial charge in [0.05, 0.1) is 24.9 Å². The van der Waals surface area contributed by atoms with Gasteiger partial charge in [0.1, 0.15) is 11.6 Å². The summed E-state index contributed by atoms with van der Waals surface area (Å²) in [6.07, 6.45) is 0. The molecule has 1 aromatic carbocycles. The van der Waals surface area contributed by atoms with Crippen molar-refractivity contribution in [2.75, 3.05) is 49.2 Å². The van der Waals surface area contributed by atoms with E-state index in [1.54, 1.807) is 12.1 Å². The fourth-order valence-electron chi connectivity index (χ4n) is 3.67. The van der Waals surface area contributed by atoms with Crippen LogP contribution < -0.4 is 15.1 Å². The molecule has 2 saturated heterocycles. The van der Waals surface area contributed by atoms with E-state index in [2.05, 4.69) is 29.0 Å². The maximum absolute atomic E-state index is 13.4. The van der Waals surface area contributed by atoms with Crippen molar-refractivity contribution < 1.29 is 9.13 Å². The second-order valence-corrected chi connectivity index (χ2v) is 7.28. The molecular weight excluding hydrogens is 345 g/mol. The number of hydrogen-bond acceptors (Lipinski definition) is 6. The molecule has 0 amide bonds. The van der Waals surface area contributed by atoms with Crippen LogP contribution in [0.1, 0.15) is 13.8 Å². The van der Waals surface area contributed by atoms with Crippen LogP contribution in [0.25, 0.3) is 11.3 Å². The summed E-state index contributed by atoms with van der Waals surface area (Å²) < 4.78 is 18.9. The predicted octanol–water partition coefficient (Wildman–Crippen LogP) is 2.31. The lowest BCUT2D eigenvalue weighted by atomic mass is 10.1. The lowest BCUT2D eigenvalue weighted by Crippen LogP contribution is -2.50. The van der Waals surface area contributed by atoms with Gasteiger partial charge in [-0.25, -0.2) is 9.37 Å². The number of hydrogen-bond donors (Lipinski definition) is 1. The van der Waals surface area contributed by atoms with Crippen LogP contribution >= 0.6 is 0 Å². The molecule has 2 unspecified atom stereocenters. The molecular formula is C20H26FN5O. The predicted molar refractivity (Wildman–Crippen MR) is 105 cm³/mol. The van der Waals surface area contributed by atoms with E-state index in [0.717, 1.165) is 43.3 Å². The highest BCUT2D eigenvalue weighted by atomic mass is 19.1. The first-order chi connectivity index (χ1) is 13.1. The second-order valence-electron chi connectivity index (χ2n) is 7.28. The normalized spacial score (nSPS) is 23.5. The van der Waals surface area contributed by atoms with E-state index < -0.39 is 0 Å². The number of nitrogens with zero attached hydrogens (tertiary/aromatic N) is 4. The molecule has 4 rings (SSSR count). The van der Waals surface area contributed by atoms with Crippen LogP contribution in [0.15, 0.2) is 30.3 Å². The van der Waals surface area contributed by atoms with Crippen LogP contribution in [0.4, 0.5) is 16.2 Å². The van der Waals surface area contributed by atoms with Crippen LogP contribution in [0.5, 0.6) is 0 Å². The van der Waals surface area contributed by atoms with Gasteiger partial charge < -0.3 is 19.9 Å². The Morgan fingerprint density at radius 3 is 2.63 bits per heavy atom. The fraction of sp³-hybridized carbons (Fsp3) is 0.500. The number of benzene rings is 1. The van der Waals surface area contributed by atoms with Gasteiger partial charge in [-0.05, 0) is 38.1 Å². The minimum atomic E-state index is -0.245. The van der Waals surface area contributed by atoms with E-state index in [4.69, 9.17) is 14.7 Å².